The zero-order valence-corrected chi connectivity index (χ0v) is 12.7. The van der Waals surface area contributed by atoms with Crippen LogP contribution in [0, 0.1) is 5.92 Å². The first-order chi connectivity index (χ1) is 9.19. The Labute approximate surface area is 121 Å². The van der Waals surface area contributed by atoms with Crippen LogP contribution in [0.25, 0.3) is 0 Å². The van der Waals surface area contributed by atoms with Crippen LogP contribution >= 0.6 is 11.6 Å². The first-order valence-corrected chi connectivity index (χ1v) is 7.67. The highest BCUT2D eigenvalue weighted by Crippen LogP contribution is 2.22. The lowest BCUT2D eigenvalue weighted by Gasteiger charge is -2.36. The summed E-state index contributed by atoms with van der Waals surface area (Å²) in [6.45, 7) is 8.23. The Morgan fingerprint density at radius 1 is 1.53 bits per heavy atom. The van der Waals surface area contributed by atoms with Crippen LogP contribution in [0.5, 0.6) is 0 Å². The second-order valence-corrected chi connectivity index (χ2v) is 5.89. The summed E-state index contributed by atoms with van der Waals surface area (Å²) in [5, 5.41) is 4.10. The van der Waals surface area contributed by atoms with Gasteiger partial charge in [-0.25, -0.2) is 4.98 Å². The van der Waals surface area contributed by atoms with Crippen molar-refractivity contribution in [1.82, 2.24) is 9.88 Å². The van der Waals surface area contributed by atoms with Crippen LogP contribution in [0.4, 0.5) is 5.69 Å². The molecule has 2 rings (SSSR count). The second-order valence-electron chi connectivity index (χ2n) is 5.51. The molecular weight excluding hydrogens is 258 g/mol. The van der Waals surface area contributed by atoms with E-state index in [9.17, 15) is 0 Å². The average Bonchev–Trinajstić information content (AvgIpc) is 2.42. The monoisotopic (exact) mass is 281 g/mol. The average molecular weight is 282 g/mol. The first kappa shape index (κ1) is 14.6. The first-order valence-electron chi connectivity index (χ1n) is 7.29. The summed E-state index contributed by atoms with van der Waals surface area (Å²) in [4.78, 5) is 6.70. The Kier molecular flexibility index (Phi) is 5.46. The van der Waals surface area contributed by atoms with Crippen molar-refractivity contribution in [3.8, 4) is 0 Å². The summed E-state index contributed by atoms with van der Waals surface area (Å²) < 4.78 is 0. The predicted octanol–water partition coefficient (Wildman–Crippen LogP) is 3.66. The molecule has 2 unspecified atom stereocenters. The molecule has 0 spiro atoms. The molecule has 1 aromatic heterocycles. The fourth-order valence-corrected chi connectivity index (χ4v) is 2.97. The topological polar surface area (TPSA) is 28.2 Å². The van der Waals surface area contributed by atoms with Crippen LogP contribution in [0.2, 0.25) is 5.15 Å². The summed E-state index contributed by atoms with van der Waals surface area (Å²) >= 11 is 5.81. The summed E-state index contributed by atoms with van der Waals surface area (Å²) in [5.41, 5.74) is 1.06. The number of piperidine rings is 1. The number of nitrogens with one attached hydrogen (secondary N) is 1. The van der Waals surface area contributed by atoms with Crippen molar-refractivity contribution in [2.24, 2.45) is 5.92 Å². The van der Waals surface area contributed by atoms with E-state index in [2.05, 4.69) is 29.0 Å². The highest BCUT2D eigenvalue weighted by Gasteiger charge is 2.24. The van der Waals surface area contributed by atoms with Crippen LogP contribution < -0.4 is 5.32 Å². The zero-order valence-electron chi connectivity index (χ0n) is 11.9. The van der Waals surface area contributed by atoms with Crippen molar-refractivity contribution < 1.29 is 0 Å². The van der Waals surface area contributed by atoms with Crippen LogP contribution in [-0.4, -0.2) is 35.6 Å². The van der Waals surface area contributed by atoms with Gasteiger partial charge in [-0.2, -0.15) is 0 Å². The standard InChI is InChI=1S/C15H24ClN3/c1-3-8-19-9-4-5-13(11-19)12(2)18-14-6-7-15(16)17-10-14/h6-7,10,12-13,18H,3-5,8-9,11H2,1-2H3. The van der Waals surface area contributed by atoms with E-state index in [1.54, 1.807) is 0 Å². The van der Waals surface area contributed by atoms with E-state index in [0.717, 1.165) is 11.6 Å². The van der Waals surface area contributed by atoms with E-state index >= 15 is 0 Å². The van der Waals surface area contributed by atoms with Gasteiger partial charge < -0.3 is 10.2 Å². The number of pyridine rings is 1. The molecule has 0 bridgehead atoms. The minimum absolute atomic E-state index is 0.475. The molecule has 19 heavy (non-hydrogen) atoms. The molecule has 0 amide bonds. The number of anilines is 1. The number of aromatic nitrogens is 1. The van der Waals surface area contributed by atoms with Crippen molar-refractivity contribution in [3.63, 3.8) is 0 Å². The maximum atomic E-state index is 5.81. The van der Waals surface area contributed by atoms with Crippen molar-refractivity contribution >= 4 is 17.3 Å². The highest BCUT2D eigenvalue weighted by atomic mass is 35.5. The van der Waals surface area contributed by atoms with Crippen LogP contribution in [0.15, 0.2) is 18.3 Å². The minimum atomic E-state index is 0.475. The predicted molar refractivity (Wildman–Crippen MR) is 81.8 cm³/mol. The lowest BCUT2D eigenvalue weighted by molar-refractivity contribution is 0.165. The van der Waals surface area contributed by atoms with E-state index < -0.39 is 0 Å². The van der Waals surface area contributed by atoms with E-state index in [1.807, 2.05) is 18.3 Å². The SMILES string of the molecule is CCCN1CCCC(C(C)Nc2ccc(Cl)nc2)C1. The van der Waals surface area contributed by atoms with E-state index in [1.165, 1.54) is 38.9 Å². The van der Waals surface area contributed by atoms with Gasteiger partial charge in [0.1, 0.15) is 5.15 Å². The third-order valence-electron chi connectivity index (χ3n) is 3.91. The lowest BCUT2D eigenvalue weighted by Crippen LogP contribution is -2.42. The number of likely N-dealkylation sites (tertiary alicyclic amines) is 1. The van der Waals surface area contributed by atoms with Gasteiger partial charge in [0.25, 0.3) is 0 Å². The summed E-state index contributed by atoms with van der Waals surface area (Å²) in [5.74, 6) is 0.718. The summed E-state index contributed by atoms with van der Waals surface area (Å²) in [7, 11) is 0. The second kappa shape index (κ2) is 7.11. The van der Waals surface area contributed by atoms with Gasteiger partial charge in [0, 0.05) is 12.6 Å². The third-order valence-corrected chi connectivity index (χ3v) is 4.13. The van der Waals surface area contributed by atoms with Gasteiger partial charge in [0.15, 0.2) is 0 Å². The largest absolute Gasteiger partial charge is 0.381 e. The Morgan fingerprint density at radius 2 is 2.37 bits per heavy atom. The maximum Gasteiger partial charge on any atom is 0.129 e. The van der Waals surface area contributed by atoms with Crippen molar-refractivity contribution in [3.05, 3.63) is 23.5 Å². The van der Waals surface area contributed by atoms with E-state index in [0.29, 0.717) is 11.2 Å². The molecule has 1 N–H and O–H groups in total. The minimum Gasteiger partial charge on any atom is -0.381 e. The Morgan fingerprint density at radius 3 is 3.05 bits per heavy atom. The summed E-state index contributed by atoms with van der Waals surface area (Å²) in [6.07, 6.45) is 5.69. The molecule has 0 aliphatic carbocycles. The van der Waals surface area contributed by atoms with Gasteiger partial charge in [-0.1, -0.05) is 18.5 Å². The number of hydrogen-bond donors (Lipinski definition) is 1. The molecule has 4 heteroatoms. The van der Waals surface area contributed by atoms with Gasteiger partial charge in [0.05, 0.1) is 11.9 Å². The number of rotatable bonds is 5. The van der Waals surface area contributed by atoms with Gasteiger partial charge >= 0.3 is 0 Å². The van der Waals surface area contributed by atoms with E-state index in [4.69, 9.17) is 11.6 Å². The fourth-order valence-electron chi connectivity index (χ4n) is 2.86. The van der Waals surface area contributed by atoms with Crippen LogP contribution in [-0.2, 0) is 0 Å². The quantitative estimate of drug-likeness (QED) is 0.835. The maximum absolute atomic E-state index is 5.81. The molecule has 2 atom stereocenters. The molecule has 0 radical (unpaired) electrons. The van der Waals surface area contributed by atoms with Gasteiger partial charge in [-0.15, -0.1) is 0 Å². The lowest BCUT2D eigenvalue weighted by atomic mass is 9.91. The normalized spacial score (nSPS) is 22.2. The van der Waals surface area contributed by atoms with Crippen LogP contribution in [0.3, 0.4) is 0 Å². The molecule has 2 heterocycles. The van der Waals surface area contributed by atoms with Crippen molar-refractivity contribution in [2.45, 2.75) is 39.2 Å². The molecule has 0 aromatic carbocycles. The van der Waals surface area contributed by atoms with Gasteiger partial charge in [-0.05, 0) is 57.3 Å². The molecule has 1 fully saturated rings. The molecular formula is C15H24ClN3. The Balaban J connectivity index is 1.88. The fraction of sp³-hybridized carbons (Fsp3) is 0.667. The molecule has 1 aliphatic heterocycles. The van der Waals surface area contributed by atoms with Gasteiger partial charge in [-0.3, -0.25) is 0 Å². The molecule has 3 nitrogen and oxygen atoms in total. The smallest absolute Gasteiger partial charge is 0.129 e. The number of nitrogens with zero attached hydrogens (tertiary/aromatic N) is 2. The number of halogens is 1. The number of hydrogen-bond acceptors (Lipinski definition) is 3. The van der Waals surface area contributed by atoms with Crippen molar-refractivity contribution in [1.29, 1.82) is 0 Å². The Hall–Kier alpha value is -0.800. The van der Waals surface area contributed by atoms with E-state index in [-0.39, 0.29) is 0 Å². The third kappa shape index (κ3) is 4.36. The molecule has 0 saturated carbocycles. The zero-order chi connectivity index (χ0) is 13.7. The highest BCUT2D eigenvalue weighted by molar-refractivity contribution is 6.29. The van der Waals surface area contributed by atoms with Gasteiger partial charge in [0.2, 0.25) is 0 Å². The van der Waals surface area contributed by atoms with Crippen molar-refractivity contribution in [2.75, 3.05) is 25.0 Å². The summed E-state index contributed by atoms with van der Waals surface area (Å²) in [6, 6.07) is 4.31. The molecule has 1 aliphatic rings. The molecule has 1 saturated heterocycles. The molecule has 106 valence electrons. The van der Waals surface area contributed by atoms with Crippen LogP contribution in [0.1, 0.15) is 33.1 Å². The molecule has 1 aromatic rings. The Bertz CT molecular complexity index is 377.